The molecule has 0 fully saturated rings. The number of benzene rings is 2. The van der Waals surface area contributed by atoms with Crippen molar-refractivity contribution in [1.29, 1.82) is 5.39 Å². The first-order chi connectivity index (χ1) is 14.1. The number of halogens is 4. The summed E-state index contributed by atoms with van der Waals surface area (Å²) in [6, 6.07) is 9.87. The third-order valence-corrected chi connectivity index (χ3v) is 3.35. The second-order valence-electron chi connectivity index (χ2n) is 5.46. The Kier molecular flexibility index (Phi) is 9.41. The molecule has 1 amide bonds. The fourth-order valence-electron chi connectivity index (χ4n) is 2.24. The van der Waals surface area contributed by atoms with Crippen molar-refractivity contribution in [2.45, 2.75) is 13.8 Å². The molecule has 2 aromatic rings. The number of carbonyl (C=O) groups is 1. The van der Waals surface area contributed by atoms with Crippen LogP contribution >= 0.6 is 0 Å². The van der Waals surface area contributed by atoms with E-state index in [4.69, 9.17) is 14.2 Å². The topological polar surface area (TPSA) is 84.9 Å². The predicted molar refractivity (Wildman–Crippen MR) is 105 cm³/mol. The third-order valence-electron chi connectivity index (χ3n) is 3.35. The first-order valence-electron chi connectivity index (χ1n) is 8.74. The second kappa shape index (κ2) is 11.5. The fraction of sp³-hybridized carbons (Fsp3) is 0.278. The van der Waals surface area contributed by atoms with Crippen molar-refractivity contribution < 1.29 is 36.3 Å². The Morgan fingerprint density at radius 3 is 2.07 bits per heavy atom. The van der Waals surface area contributed by atoms with Crippen LogP contribution in [0.3, 0.4) is 0 Å². The van der Waals surface area contributed by atoms with Gasteiger partial charge in [0.25, 0.3) is 5.91 Å². The lowest BCUT2D eigenvalue weighted by Gasteiger charge is -2.12. The highest BCUT2D eigenvalue weighted by molar-refractivity contribution is 6.50. The second-order valence-corrected chi connectivity index (χ2v) is 5.46. The molecule has 0 atom stereocenters. The van der Waals surface area contributed by atoms with E-state index in [9.17, 15) is 27.5 Å². The van der Waals surface area contributed by atoms with Gasteiger partial charge in [-0.1, -0.05) is 0 Å². The maximum atomic E-state index is 12.5. The molecule has 0 aliphatic carbocycles. The molecule has 2 aromatic carbocycles. The molecule has 2 rings (SSSR count). The summed E-state index contributed by atoms with van der Waals surface area (Å²) in [4.78, 5) is 15.7. The molecule has 0 saturated carbocycles. The molecule has 0 bridgehead atoms. The molecule has 0 spiro atoms. The number of hydrogen-bond acceptors (Lipinski definition) is 5. The molecule has 1 N–H and O–H groups in total. The number of amides is 1. The fourth-order valence-corrected chi connectivity index (χ4v) is 2.24. The summed E-state index contributed by atoms with van der Waals surface area (Å²) in [5, 5.41) is 12.0. The summed E-state index contributed by atoms with van der Waals surface area (Å²) in [6.07, 6.45) is 0. The van der Waals surface area contributed by atoms with Crippen LogP contribution < -0.4 is 19.5 Å². The summed E-state index contributed by atoms with van der Waals surface area (Å²) in [7, 11) is -4.44. The maximum absolute atomic E-state index is 12.5. The minimum absolute atomic E-state index is 0.179. The Morgan fingerprint density at radius 1 is 1.03 bits per heavy atom. The average Bonchev–Trinajstić information content (AvgIpc) is 2.68. The lowest BCUT2D eigenvalue weighted by Crippen LogP contribution is -2.13. The van der Waals surface area contributed by atoms with Crippen LogP contribution in [-0.2, 0) is 0 Å². The van der Waals surface area contributed by atoms with E-state index in [2.05, 4.69) is 10.3 Å². The van der Waals surface area contributed by atoms with Crippen LogP contribution in [0.4, 0.5) is 28.6 Å². The number of nitrogens with zero attached hydrogens (tertiary/aromatic N) is 2. The van der Waals surface area contributed by atoms with Crippen molar-refractivity contribution in [3.8, 4) is 17.2 Å². The minimum atomic E-state index is -6.00. The van der Waals surface area contributed by atoms with Crippen LogP contribution in [0.1, 0.15) is 24.2 Å². The maximum Gasteiger partial charge on any atom is 0.673 e. The highest BCUT2D eigenvalue weighted by Crippen LogP contribution is 2.40. The molecule has 0 aliphatic heterocycles. The van der Waals surface area contributed by atoms with Crippen molar-refractivity contribution in [1.82, 2.24) is 0 Å². The number of methoxy groups -OCH3 is 1. The zero-order valence-corrected chi connectivity index (χ0v) is 16.5. The molecular weight excluding hydrogens is 409 g/mol. The molecule has 0 unspecified atom stereocenters. The molecule has 0 aromatic heterocycles. The standard InChI is InChI=1S/C18H19N3O4.BF4/c1-4-24-14-10-15(17(25-5-2)16(11-14)21-19)20-18(22)12-6-8-13(23-3)9-7-12;2-1(3,4)5/h6-11H,4-5H2,1-3H3;/q;-1/p+1. The molecule has 0 saturated heterocycles. The van der Waals surface area contributed by atoms with E-state index < -0.39 is 7.25 Å². The SMILES string of the molecule is CCOc1cc([N+]#N)c(OCC)c(NC(=O)c2ccc(OC)cc2)c1.F[B-](F)(F)F. The normalized spacial score (nSPS) is 10.2. The third kappa shape index (κ3) is 8.26. The van der Waals surface area contributed by atoms with E-state index in [-0.39, 0.29) is 17.3 Å². The van der Waals surface area contributed by atoms with Gasteiger partial charge in [-0.2, -0.15) is 0 Å². The number of diazo groups is 1. The molecule has 0 aliphatic rings. The van der Waals surface area contributed by atoms with Gasteiger partial charge in [0, 0.05) is 11.6 Å². The van der Waals surface area contributed by atoms with Gasteiger partial charge in [-0.3, -0.25) is 4.79 Å². The van der Waals surface area contributed by atoms with Crippen LogP contribution in [0.25, 0.3) is 4.98 Å². The van der Waals surface area contributed by atoms with Gasteiger partial charge in [-0.15, -0.1) is 0 Å². The summed E-state index contributed by atoms with van der Waals surface area (Å²) in [5.74, 6) is 1.06. The Hall–Kier alpha value is -3.49. The van der Waals surface area contributed by atoms with Crippen LogP contribution in [0.15, 0.2) is 36.4 Å². The Bertz CT molecular complexity index is 881. The van der Waals surface area contributed by atoms with Crippen molar-refractivity contribution in [3.63, 3.8) is 0 Å². The van der Waals surface area contributed by atoms with Gasteiger partial charge in [-0.25, -0.2) is 0 Å². The van der Waals surface area contributed by atoms with E-state index in [1.54, 1.807) is 44.4 Å². The van der Waals surface area contributed by atoms with Crippen molar-refractivity contribution in [2.75, 3.05) is 25.6 Å². The molecule has 7 nitrogen and oxygen atoms in total. The number of nitrogens with one attached hydrogen (secondary N) is 1. The largest absolute Gasteiger partial charge is 0.673 e. The Labute approximate surface area is 170 Å². The highest BCUT2D eigenvalue weighted by Gasteiger charge is 2.24. The van der Waals surface area contributed by atoms with E-state index in [0.717, 1.165) is 0 Å². The summed E-state index contributed by atoms with van der Waals surface area (Å²) >= 11 is 0. The van der Waals surface area contributed by atoms with E-state index in [1.165, 1.54) is 6.07 Å². The van der Waals surface area contributed by atoms with Crippen molar-refractivity contribution in [2.24, 2.45) is 0 Å². The monoisotopic (exact) mass is 429 g/mol. The molecule has 30 heavy (non-hydrogen) atoms. The molecule has 12 heteroatoms. The van der Waals surface area contributed by atoms with E-state index in [1.807, 2.05) is 6.92 Å². The lowest BCUT2D eigenvalue weighted by molar-refractivity contribution is 0.102. The molecule has 0 radical (unpaired) electrons. The molecule has 0 heterocycles. The summed E-state index contributed by atoms with van der Waals surface area (Å²) in [6.45, 7) is 4.42. The molecular formula is C18H20BF4N3O4. The number of ether oxygens (including phenoxy) is 3. The van der Waals surface area contributed by atoms with Crippen LogP contribution in [0, 0.1) is 5.39 Å². The Morgan fingerprint density at radius 2 is 1.60 bits per heavy atom. The van der Waals surface area contributed by atoms with Crippen LogP contribution in [0.5, 0.6) is 17.2 Å². The zero-order valence-electron chi connectivity index (χ0n) is 16.5. The van der Waals surface area contributed by atoms with E-state index in [0.29, 0.717) is 36.0 Å². The molecule has 162 valence electrons. The highest BCUT2D eigenvalue weighted by atomic mass is 19.5. The summed E-state index contributed by atoms with van der Waals surface area (Å²) in [5.41, 5.74) is 0.992. The average molecular weight is 429 g/mol. The number of rotatable bonds is 7. The predicted octanol–water partition coefficient (Wildman–Crippen LogP) is 5.53. The van der Waals surface area contributed by atoms with Gasteiger partial charge in [0.05, 0.1) is 32.1 Å². The van der Waals surface area contributed by atoms with Gasteiger partial charge in [0.1, 0.15) is 11.5 Å². The smallest absolute Gasteiger partial charge is 0.497 e. The van der Waals surface area contributed by atoms with Gasteiger partial charge < -0.3 is 36.8 Å². The van der Waals surface area contributed by atoms with Gasteiger partial charge >= 0.3 is 12.9 Å². The summed E-state index contributed by atoms with van der Waals surface area (Å²) < 4.78 is 55.0. The van der Waals surface area contributed by atoms with Crippen molar-refractivity contribution >= 4 is 24.5 Å². The lowest BCUT2D eigenvalue weighted by atomic mass is 10.2. The first kappa shape index (κ1) is 24.6. The minimum Gasteiger partial charge on any atom is -0.497 e. The van der Waals surface area contributed by atoms with Crippen molar-refractivity contribution in [3.05, 3.63) is 46.9 Å². The van der Waals surface area contributed by atoms with Crippen LogP contribution in [-0.4, -0.2) is 33.5 Å². The van der Waals surface area contributed by atoms with Gasteiger partial charge in [0.15, 0.2) is 4.98 Å². The number of hydrogen-bond donors (Lipinski definition) is 1. The van der Waals surface area contributed by atoms with E-state index >= 15 is 0 Å². The van der Waals surface area contributed by atoms with Crippen LogP contribution in [0.2, 0.25) is 0 Å². The van der Waals surface area contributed by atoms with Gasteiger partial charge in [0.2, 0.25) is 11.1 Å². The first-order valence-corrected chi connectivity index (χ1v) is 8.74. The zero-order chi connectivity index (χ0) is 22.7. The quantitative estimate of drug-likeness (QED) is 0.356. The number of carbonyl (C=O) groups excluding carboxylic acids is 1. The number of anilines is 1. The van der Waals surface area contributed by atoms with Gasteiger partial charge in [-0.05, 0) is 38.1 Å². The Balaban J connectivity index is 0.000000804.